The van der Waals surface area contributed by atoms with Crippen molar-refractivity contribution in [3.63, 3.8) is 0 Å². The van der Waals surface area contributed by atoms with E-state index in [0.29, 0.717) is 24.6 Å². The smallest absolute Gasteiger partial charge is 0.326 e. The summed E-state index contributed by atoms with van der Waals surface area (Å²) in [6.07, 6.45) is 0.543. The number of benzene rings is 2. The first kappa shape index (κ1) is 22.1. The predicted octanol–water partition coefficient (Wildman–Crippen LogP) is 4.10. The van der Waals surface area contributed by atoms with Crippen LogP contribution < -0.4 is 10.1 Å². The molecule has 3 rings (SSSR count). The highest BCUT2D eigenvalue weighted by Crippen LogP contribution is 2.35. The minimum absolute atomic E-state index is 0.196. The first-order chi connectivity index (χ1) is 14.3. The quantitative estimate of drug-likeness (QED) is 0.609. The van der Waals surface area contributed by atoms with Crippen LogP contribution in [0, 0.1) is 5.92 Å². The lowest BCUT2D eigenvalue weighted by Crippen LogP contribution is -2.46. The van der Waals surface area contributed by atoms with Gasteiger partial charge in [-0.15, -0.1) is 0 Å². The van der Waals surface area contributed by atoms with Crippen LogP contribution in [0.1, 0.15) is 25.8 Å². The summed E-state index contributed by atoms with van der Waals surface area (Å²) in [5.41, 5.74) is -0.207. The van der Waals surface area contributed by atoms with Crippen LogP contribution >= 0.6 is 11.6 Å². The van der Waals surface area contributed by atoms with Crippen LogP contribution in [0.5, 0.6) is 5.75 Å². The molecule has 0 aliphatic carbocycles. The third kappa shape index (κ3) is 4.94. The Morgan fingerprint density at radius 3 is 2.40 bits per heavy atom. The molecule has 2 aromatic carbocycles. The average molecular weight is 430 g/mol. The summed E-state index contributed by atoms with van der Waals surface area (Å²) in [4.78, 5) is 29.3. The molecule has 0 radical (unpaired) electrons. The first-order valence-electron chi connectivity index (χ1n) is 10.1. The molecule has 30 heavy (non-hydrogen) atoms. The molecular weight excluding hydrogens is 402 g/mol. The Balaban J connectivity index is 1.65. The lowest BCUT2D eigenvalue weighted by atomic mass is 9.82. The maximum Gasteiger partial charge on any atom is 0.326 e. The number of halogens is 1. The maximum absolute atomic E-state index is 13.4. The zero-order valence-electron chi connectivity index (χ0n) is 17.6. The third-order valence-electron chi connectivity index (χ3n) is 5.09. The van der Waals surface area contributed by atoms with Crippen LogP contribution in [0.25, 0.3) is 0 Å². The Morgan fingerprint density at radius 1 is 1.10 bits per heavy atom. The summed E-state index contributed by atoms with van der Waals surface area (Å²) < 4.78 is 5.71. The molecule has 0 spiro atoms. The van der Waals surface area contributed by atoms with Gasteiger partial charge in [-0.05, 0) is 49.2 Å². The Labute approximate surface area is 182 Å². The molecule has 3 amide bonds. The van der Waals surface area contributed by atoms with Crippen molar-refractivity contribution in [1.82, 2.24) is 15.1 Å². The normalized spacial score (nSPS) is 18.9. The molecule has 2 aromatic rings. The Bertz CT molecular complexity index is 873. The van der Waals surface area contributed by atoms with Gasteiger partial charge in [0.2, 0.25) is 0 Å². The average Bonchev–Trinajstić information content (AvgIpc) is 2.94. The van der Waals surface area contributed by atoms with Crippen molar-refractivity contribution in [2.24, 2.45) is 5.92 Å². The number of amides is 3. The fraction of sp³-hybridized carbons (Fsp3) is 0.391. The molecule has 1 N–H and O–H groups in total. The molecule has 1 unspecified atom stereocenters. The highest BCUT2D eigenvalue weighted by atomic mass is 35.5. The lowest BCUT2D eigenvalue weighted by molar-refractivity contribution is -0.133. The van der Waals surface area contributed by atoms with Crippen LogP contribution in [-0.2, 0) is 10.3 Å². The van der Waals surface area contributed by atoms with Gasteiger partial charge in [-0.1, -0.05) is 55.8 Å². The predicted molar refractivity (Wildman–Crippen MR) is 117 cm³/mol. The van der Waals surface area contributed by atoms with Crippen molar-refractivity contribution in [2.75, 3.05) is 26.9 Å². The highest BCUT2D eigenvalue weighted by molar-refractivity contribution is 6.30. The molecule has 1 aliphatic rings. The number of likely N-dealkylation sites (N-methyl/N-ethyl adjacent to an activating group) is 1. The van der Waals surface area contributed by atoms with Crippen LogP contribution in [0.4, 0.5) is 4.79 Å². The van der Waals surface area contributed by atoms with E-state index >= 15 is 0 Å². The van der Waals surface area contributed by atoms with Crippen molar-refractivity contribution in [3.05, 3.63) is 65.2 Å². The number of nitrogens with zero attached hydrogens (tertiary/aromatic N) is 2. The van der Waals surface area contributed by atoms with Crippen LogP contribution in [0.15, 0.2) is 54.6 Å². The van der Waals surface area contributed by atoms with Crippen molar-refractivity contribution in [2.45, 2.75) is 25.8 Å². The first-order valence-corrected chi connectivity index (χ1v) is 10.5. The molecule has 1 saturated heterocycles. The van der Waals surface area contributed by atoms with E-state index in [1.54, 1.807) is 24.3 Å². The van der Waals surface area contributed by atoms with Crippen molar-refractivity contribution >= 4 is 23.5 Å². The van der Waals surface area contributed by atoms with Crippen LogP contribution in [0.3, 0.4) is 0 Å². The summed E-state index contributed by atoms with van der Waals surface area (Å²) in [7, 11) is 1.86. The number of hydrogen-bond acceptors (Lipinski definition) is 4. The molecule has 1 atom stereocenters. The second-order valence-electron chi connectivity index (χ2n) is 8.06. The number of rotatable bonds is 9. The number of carbonyl (C=O) groups is 2. The van der Waals surface area contributed by atoms with Gasteiger partial charge < -0.3 is 10.1 Å². The summed E-state index contributed by atoms with van der Waals surface area (Å²) in [6, 6.07) is 16.3. The second-order valence-corrected chi connectivity index (χ2v) is 8.49. The molecule has 0 aromatic heterocycles. The number of ether oxygens (including phenoxy) is 1. The second kappa shape index (κ2) is 9.49. The zero-order valence-corrected chi connectivity index (χ0v) is 18.4. The third-order valence-corrected chi connectivity index (χ3v) is 5.35. The molecule has 1 aliphatic heterocycles. The van der Waals surface area contributed by atoms with Gasteiger partial charge in [-0.3, -0.25) is 9.69 Å². The minimum Gasteiger partial charge on any atom is -0.492 e. The van der Waals surface area contributed by atoms with E-state index in [9.17, 15) is 9.59 Å². The van der Waals surface area contributed by atoms with Crippen molar-refractivity contribution in [3.8, 4) is 5.75 Å². The van der Waals surface area contributed by atoms with Crippen molar-refractivity contribution < 1.29 is 14.3 Å². The summed E-state index contributed by atoms with van der Waals surface area (Å²) in [5, 5.41) is 3.63. The summed E-state index contributed by atoms with van der Waals surface area (Å²) in [6.45, 7) is 5.28. The standard InChI is InChI=1S/C23H28ClN3O3/c1-17(2)15-23(18-7-5-4-6-8-18)21(28)27(22(29)25-23)16-26(3)13-14-30-20-11-9-19(24)10-12-20/h4-12,17H,13-16H2,1-3H3,(H,25,29). The van der Waals surface area contributed by atoms with E-state index in [1.165, 1.54) is 4.90 Å². The molecule has 0 saturated carbocycles. The summed E-state index contributed by atoms with van der Waals surface area (Å²) >= 11 is 5.88. The van der Waals surface area contributed by atoms with E-state index < -0.39 is 5.54 Å². The highest BCUT2D eigenvalue weighted by Gasteiger charge is 2.52. The Kier molecular flexibility index (Phi) is 7.00. The fourth-order valence-corrected chi connectivity index (χ4v) is 3.83. The van der Waals surface area contributed by atoms with Gasteiger partial charge in [0.1, 0.15) is 17.9 Å². The van der Waals surface area contributed by atoms with Gasteiger partial charge >= 0.3 is 6.03 Å². The fourth-order valence-electron chi connectivity index (χ4n) is 3.70. The van der Waals surface area contributed by atoms with Gasteiger partial charge in [0.25, 0.3) is 5.91 Å². The van der Waals surface area contributed by atoms with Crippen LogP contribution in [0.2, 0.25) is 5.02 Å². The SMILES string of the molecule is CC(C)CC1(c2ccccc2)NC(=O)N(CN(C)CCOc2ccc(Cl)cc2)C1=O. The minimum atomic E-state index is -1.02. The number of hydrogen-bond donors (Lipinski definition) is 1. The van der Waals surface area contributed by atoms with Gasteiger partial charge in [0.15, 0.2) is 0 Å². The van der Waals surface area contributed by atoms with E-state index in [1.807, 2.05) is 56.1 Å². The maximum atomic E-state index is 13.4. The van der Waals surface area contributed by atoms with Gasteiger partial charge in [0, 0.05) is 11.6 Å². The monoisotopic (exact) mass is 429 g/mol. The lowest BCUT2D eigenvalue weighted by Gasteiger charge is -2.29. The van der Waals surface area contributed by atoms with Gasteiger partial charge in [-0.2, -0.15) is 0 Å². The Morgan fingerprint density at radius 2 is 1.77 bits per heavy atom. The molecule has 6 nitrogen and oxygen atoms in total. The number of imide groups is 1. The molecule has 1 fully saturated rings. The number of nitrogens with one attached hydrogen (secondary N) is 1. The Hall–Kier alpha value is -2.57. The number of urea groups is 1. The molecule has 7 heteroatoms. The van der Waals surface area contributed by atoms with Crippen LogP contribution in [-0.4, -0.2) is 48.6 Å². The van der Waals surface area contributed by atoms with E-state index in [2.05, 4.69) is 5.32 Å². The molecule has 1 heterocycles. The topological polar surface area (TPSA) is 61.9 Å². The molecular formula is C23H28ClN3O3. The van der Waals surface area contributed by atoms with Crippen molar-refractivity contribution in [1.29, 1.82) is 0 Å². The van der Waals surface area contributed by atoms with Gasteiger partial charge in [0.05, 0.1) is 6.67 Å². The number of carbonyl (C=O) groups excluding carboxylic acids is 2. The zero-order chi connectivity index (χ0) is 21.7. The molecule has 160 valence electrons. The molecule has 0 bridgehead atoms. The van der Waals surface area contributed by atoms with E-state index in [0.717, 1.165) is 11.3 Å². The van der Waals surface area contributed by atoms with E-state index in [4.69, 9.17) is 16.3 Å². The largest absolute Gasteiger partial charge is 0.492 e. The van der Waals surface area contributed by atoms with E-state index in [-0.39, 0.29) is 24.5 Å². The summed E-state index contributed by atoms with van der Waals surface area (Å²) in [5.74, 6) is 0.751. The van der Waals surface area contributed by atoms with Gasteiger partial charge in [-0.25, -0.2) is 9.69 Å².